The van der Waals surface area contributed by atoms with Crippen LogP contribution in [0.5, 0.6) is 5.75 Å². The Hall–Kier alpha value is -1.02. The van der Waals surface area contributed by atoms with Crippen molar-refractivity contribution in [1.29, 1.82) is 0 Å². The van der Waals surface area contributed by atoms with E-state index in [1.54, 1.807) is 0 Å². The minimum Gasteiger partial charge on any atom is -0.491 e. The lowest BCUT2D eigenvalue weighted by Crippen LogP contribution is -2.54. The van der Waals surface area contributed by atoms with Gasteiger partial charge in [0.1, 0.15) is 5.75 Å². The van der Waals surface area contributed by atoms with E-state index in [1.165, 1.54) is 44.1 Å². The summed E-state index contributed by atoms with van der Waals surface area (Å²) in [5.74, 6) is 4.08. The molecule has 2 heteroatoms. The lowest BCUT2D eigenvalue weighted by Gasteiger charge is -2.59. The topological polar surface area (TPSA) is 21.3 Å². The van der Waals surface area contributed by atoms with Gasteiger partial charge < -0.3 is 10.1 Å². The minimum absolute atomic E-state index is 0.241. The first kappa shape index (κ1) is 16.4. The Morgan fingerprint density at radius 3 is 2.00 bits per heavy atom. The van der Waals surface area contributed by atoms with Crippen LogP contribution in [0.4, 0.5) is 0 Å². The van der Waals surface area contributed by atoms with Crippen LogP contribution >= 0.6 is 0 Å². The van der Waals surface area contributed by atoms with E-state index >= 15 is 0 Å². The molecule has 0 saturated heterocycles. The van der Waals surface area contributed by atoms with Gasteiger partial charge >= 0.3 is 0 Å². The molecule has 4 fully saturated rings. The fourth-order valence-corrected chi connectivity index (χ4v) is 6.15. The van der Waals surface area contributed by atoms with Crippen LogP contribution in [0.25, 0.3) is 0 Å². The SMILES string of the molecule is CC(C)Oc1ccc(CNC(C)C23CC4CC(CC(C4)C2)C3)cc1. The summed E-state index contributed by atoms with van der Waals surface area (Å²) in [5, 5.41) is 3.88. The van der Waals surface area contributed by atoms with Gasteiger partial charge in [0.05, 0.1) is 6.10 Å². The lowest BCUT2D eigenvalue weighted by atomic mass is 9.48. The van der Waals surface area contributed by atoms with E-state index in [0.717, 1.165) is 30.0 Å². The van der Waals surface area contributed by atoms with E-state index in [-0.39, 0.29) is 6.10 Å². The number of nitrogens with one attached hydrogen (secondary N) is 1. The van der Waals surface area contributed by atoms with Crippen LogP contribution in [0, 0.1) is 23.2 Å². The molecule has 24 heavy (non-hydrogen) atoms. The molecule has 1 atom stereocenters. The maximum absolute atomic E-state index is 5.74. The van der Waals surface area contributed by atoms with Crippen molar-refractivity contribution in [3.8, 4) is 5.75 Å². The van der Waals surface area contributed by atoms with Crippen molar-refractivity contribution in [2.24, 2.45) is 23.2 Å². The summed E-state index contributed by atoms with van der Waals surface area (Å²) in [4.78, 5) is 0. The van der Waals surface area contributed by atoms with Crippen LogP contribution in [0.3, 0.4) is 0 Å². The van der Waals surface area contributed by atoms with Crippen molar-refractivity contribution in [2.45, 2.75) is 78.0 Å². The predicted octanol–water partition coefficient (Wildman–Crippen LogP) is 5.17. The summed E-state index contributed by atoms with van der Waals surface area (Å²) in [7, 11) is 0. The van der Waals surface area contributed by atoms with E-state index in [4.69, 9.17) is 4.74 Å². The highest BCUT2D eigenvalue weighted by Gasteiger charge is 2.52. The molecule has 0 spiro atoms. The molecule has 0 aromatic heterocycles. The van der Waals surface area contributed by atoms with Crippen LogP contribution in [-0.4, -0.2) is 12.1 Å². The molecule has 1 unspecified atom stereocenters. The Kier molecular flexibility index (Phi) is 4.36. The molecular weight excluding hydrogens is 294 g/mol. The predicted molar refractivity (Wildman–Crippen MR) is 99.1 cm³/mol. The van der Waals surface area contributed by atoms with Gasteiger partial charge in [-0.25, -0.2) is 0 Å². The molecule has 132 valence electrons. The molecule has 4 aliphatic carbocycles. The Labute approximate surface area is 147 Å². The normalized spacial score (nSPS) is 35.4. The summed E-state index contributed by atoms with van der Waals surface area (Å²) in [5.41, 5.74) is 1.96. The smallest absolute Gasteiger partial charge is 0.119 e. The number of benzene rings is 1. The maximum Gasteiger partial charge on any atom is 0.119 e. The first-order chi connectivity index (χ1) is 11.5. The Morgan fingerprint density at radius 2 is 1.50 bits per heavy atom. The Morgan fingerprint density at radius 1 is 0.958 bits per heavy atom. The molecule has 4 aliphatic rings. The number of hydrogen-bond donors (Lipinski definition) is 1. The minimum atomic E-state index is 0.241. The fourth-order valence-electron chi connectivity index (χ4n) is 6.15. The molecule has 0 amide bonds. The molecule has 5 rings (SSSR count). The highest BCUT2D eigenvalue weighted by molar-refractivity contribution is 5.27. The molecule has 2 nitrogen and oxygen atoms in total. The summed E-state index contributed by atoms with van der Waals surface area (Å²) >= 11 is 0. The molecule has 0 heterocycles. The molecule has 0 radical (unpaired) electrons. The molecule has 1 aromatic carbocycles. The van der Waals surface area contributed by atoms with E-state index < -0.39 is 0 Å². The standard InChI is InChI=1S/C22H33NO/c1-15(2)24-21-6-4-17(5-7-21)14-23-16(3)22-11-18-8-19(12-22)10-20(9-18)13-22/h4-7,15-16,18-20,23H,8-14H2,1-3H3. The average molecular weight is 328 g/mol. The van der Waals surface area contributed by atoms with Gasteiger partial charge in [-0.2, -0.15) is 0 Å². The fraction of sp³-hybridized carbons (Fsp3) is 0.727. The zero-order valence-corrected chi connectivity index (χ0v) is 15.6. The average Bonchev–Trinajstić information content (AvgIpc) is 2.52. The van der Waals surface area contributed by atoms with Crippen molar-refractivity contribution in [1.82, 2.24) is 5.32 Å². The number of ether oxygens (including phenoxy) is 1. The highest BCUT2D eigenvalue weighted by atomic mass is 16.5. The molecule has 4 bridgehead atoms. The van der Waals surface area contributed by atoms with Gasteiger partial charge in [0.25, 0.3) is 0 Å². The van der Waals surface area contributed by atoms with Gasteiger partial charge in [-0.3, -0.25) is 0 Å². The molecule has 4 saturated carbocycles. The van der Waals surface area contributed by atoms with Crippen molar-refractivity contribution in [2.75, 3.05) is 0 Å². The van der Waals surface area contributed by atoms with Crippen LogP contribution in [0.15, 0.2) is 24.3 Å². The molecule has 1 N–H and O–H groups in total. The number of rotatable bonds is 6. The van der Waals surface area contributed by atoms with Crippen LogP contribution < -0.4 is 10.1 Å². The van der Waals surface area contributed by atoms with Gasteiger partial charge in [-0.05, 0) is 100 Å². The third-order valence-electron chi connectivity index (χ3n) is 6.91. The second-order valence-electron chi connectivity index (χ2n) is 9.19. The first-order valence-corrected chi connectivity index (χ1v) is 10.0. The third kappa shape index (κ3) is 3.22. The molecule has 1 aromatic rings. The van der Waals surface area contributed by atoms with E-state index in [9.17, 15) is 0 Å². The van der Waals surface area contributed by atoms with Crippen molar-refractivity contribution in [3.05, 3.63) is 29.8 Å². The van der Waals surface area contributed by atoms with E-state index in [2.05, 4.69) is 50.4 Å². The highest BCUT2D eigenvalue weighted by Crippen LogP contribution is 2.61. The number of hydrogen-bond acceptors (Lipinski definition) is 2. The van der Waals surface area contributed by atoms with Crippen LogP contribution in [0.1, 0.15) is 64.9 Å². The Balaban J connectivity index is 1.36. The monoisotopic (exact) mass is 327 g/mol. The summed E-state index contributed by atoms with van der Waals surface area (Å²) in [6.07, 6.45) is 9.28. The molecule has 0 aliphatic heterocycles. The summed E-state index contributed by atoms with van der Waals surface area (Å²) in [6.45, 7) is 7.57. The van der Waals surface area contributed by atoms with Gasteiger partial charge in [0.15, 0.2) is 0 Å². The van der Waals surface area contributed by atoms with E-state index in [0.29, 0.717) is 11.5 Å². The maximum atomic E-state index is 5.74. The van der Waals surface area contributed by atoms with Crippen LogP contribution in [-0.2, 0) is 6.54 Å². The van der Waals surface area contributed by atoms with Gasteiger partial charge in [0.2, 0.25) is 0 Å². The largest absolute Gasteiger partial charge is 0.491 e. The second kappa shape index (κ2) is 6.37. The summed E-state index contributed by atoms with van der Waals surface area (Å²) < 4.78 is 5.74. The zero-order valence-electron chi connectivity index (χ0n) is 15.6. The Bertz CT molecular complexity index is 527. The van der Waals surface area contributed by atoms with Crippen molar-refractivity contribution < 1.29 is 4.74 Å². The van der Waals surface area contributed by atoms with Crippen molar-refractivity contribution >= 4 is 0 Å². The lowest BCUT2D eigenvalue weighted by molar-refractivity contribution is -0.0706. The summed E-state index contributed by atoms with van der Waals surface area (Å²) in [6, 6.07) is 9.25. The van der Waals surface area contributed by atoms with Gasteiger partial charge in [-0.1, -0.05) is 12.1 Å². The van der Waals surface area contributed by atoms with Crippen LogP contribution in [0.2, 0.25) is 0 Å². The van der Waals surface area contributed by atoms with E-state index in [1.807, 2.05) is 0 Å². The molecular formula is C22H33NO. The van der Waals surface area contributed by atoms with Gasteiger partial charge in [-0.15, -0.1) is 0 Å². The third-order valence-corrected chi connectivity index (χ3v) is 6.91. The van der Waals surface area contributed by atoms with Crippen molar-refractivity contribution in [3.63, 3.8) is 0 Å². The quantitative estimate of drug-likeness (QED) is 0.778. The van der Waals surface area contributed by atoms with Gasteiger partial charge in [0, 0.05) is 12.6 Å². The second-order valence-corrected chi connectivity index (χ2v) is 9.19. The zero-order chi connectivity index (χ0) is 16.7. The first-order valence-electron chi connectivity index (χ1n) is 10.0.